The van der Waals surface area contributed by atoms with E-state index in [9.17, 15) is 19.5 Å². The van der Waals surface area contributed by atoms with Crippen LogP contribution in [-0.4, -0.2) is 92.8 Å². The Kier molecular flexibility index (Phi) is 14.3. The molecule has 12 nitrogen and oxygen atoms in total. The van der Waals surface area contributed by atoms with Crippen molar-refractivity contribution < 1.29 is 34.5 Å². The third kappa shape index (κ3) is 10.4. The molecule has 0 fully saturated rings. The van der Waals surface area contributed by atoms with E-state index in [1.807, 2.05) is 11.0 Å². The SMILES string of the molecule is CC(=O)NO.CCN(CC)C(=O)[C@@H]1C=C2c3cccc4[nH]cc(c34)C[C@H]2N(C)C1.COc1ccc(O)c(C(C)(C)C)c1.O=C(O)c1cccnc1. The predicted octanol–water partition coefficient (Wildman–Crippen LogP) is 5.90. The molecule has 0 bridgehead atoms. The van der Waals surface area contributed by atoms with Crippen molar-refractivity contribution in [3.8, 4) is 11.5 Å². The number of carbonyl (C=O) groups excluding carboxylic acids is 2. The summed E-state index contributed by atoms with van der Waals surface area (Å²) in [6, 6.07) is 15.2. The third-order valence-electron chi connectivity index (χ3n) is 8.74. The normalized spacial score (nSPS) is 16.0. The summed E-state index contributed by atoms with van der Waals surface area (Å²) in [5, 5.41) is 26.8. The lowest BCUT2D eigenvalue weighted by molar-refractivity contribution is -0.134. The van der Waals surface area contributed by atoms with E-state index in [4.69, 9.17) is 15.1 Å². The number of aromatic hydroxyl groups is 1. The fraction of sp³-hybridized carbons (Fsp3) is 0.385. The van der Waals surface area contributed by atoms with Gasteiger partial charge >= 0.3 is 5.97 Å². The van der Waals surface area contributed by atoms with Gasteiger partial charge in [0.1, 0.15) is 11.5 Å². The van der Waals surface area contributed by atoms with Crippen LogP contribution in [0.2, 0.25) is 0 Å². The zero-order valence-corrected chi connectivity index (χ0v) is 30.7. The number of carboxylic acid groups (broad SMARTS) is 1. The van der Waals surface area contributed by atoms with Gasteiger partial charge in [0, 0.05) is 67.7 Å². The van der Waals surface area contributed by atoms with Gasteiger partial charge < -0.3 is 24.8 Å². The first-order chi connectivity index (χ1) is 24.2. The second kappa shape index (κ2) is 18.2. The van der Waals surface area contributed by atoms with Gasteiger partial charge in [-0.1, -0.05) is 39.0 Å². The molecule has 51 heavy (non-hydrogen) atoms. The number of aromatic amines is 1. The molecule has 3 heterocycles. The summed E-state index contributed by atoms with van der Waals surface area (Å²) in [7, 11) is 3.77. The number of carboxylic acids is 1. The van der Waals surface area contributed by atoms with Crippen LogP contribution in [-0.2, 0) is 21.4 Å². The largest absolute Gasteiger partial charge is 0.508 e. The average Bonchev–Trinajstić information content (AvgIpc) is 3.54. The van der Waals surface area contributed by atoms with E-state index in [2.05, 4.69) is 87.0 Å². The minimum absolute atomic E-state index is 0.0445. The molecule has 0 spiro atoms. The molecule has 274 valence electrons. The summed E-state index contributed by atoms with van der Waals surface area (Å²) in [6.45, 7) is 13.9. The molecule has 2 amide bonds. The molecule has 2 aromatic carbocycles. The Labute approximate surface area is 299 Å². The second-order valence-electron chi connectivity index (χ2n) is 13.3. The van der Waals surface area contributed by atoms with Gasteiger partial charge in [0.05, 0.1) is 18.6 Å². The first kappa shape index (κ1) is 40.2. The number of hydrogen-bond donors (Lipinski definition) is 5. The Bertz CT molecular complexity index is 1810. The Morgan fingerprint density at radius 1 is 1.10 bits per heavy atom. The number of likely N-dealkylation sites (N-methyl/N-ethyl adjacent to an activating group) is 1. The number of pyridine rings is 1. The summed E-state index contributed by atoms with van der Waals surface area (Å²) in [5.41, 5.74) is 7.67. The maximum atomic E-state index is 12.9. The van der Waals surface area contributed by atoms with E-state index in [0.717, 1.165) is 37.4 Å². The van der Waals surface area contributed by atoms with Gasteiger partial charge in [0.2, 0.25) is 11.8 Å². The molecule has 6 rings (SSSR count). The van der Waals surface area contributed by atoms with Crippen LogP contribution in [0, 0.1) is 5.92 Å². The van der Waals surface area contributed by atoms with E-state index in [-0.39, 0.29) is 22.8 Å². The quantitative estimate of drug-likeness (QED) is 0.126. The standard InChI is InChI=1S/C20H25N3O.C11H16O2.C6H5NO2.C2H5NO2/c1-4-23(5-2)20(24)14-9-16-15-7-6-8-17-19(15)13(11-21-17)10-18(16)22(3)12-14;1-11(2,3)9-7-8(13-4)5-6-10(9)12;8-6(9)5-2-1-3-7-4-5;1-2(4)3-5/h6-9,11,14,18,21H,4-5,10,12H2,1-3H3;5-7,12H,1-4H3;1-4H,(H,8,9);5H,1H3,(H,3,4)/t14-,18-;;;/m1.../s1. The molecule has 2 aliphatic rings. The number of aromatic carboxylic acids is 1. The molecule has 4 aromatic rings. The molecule has 12 heteroatoms. The van der Waals surface area contributed by atoms with Crippen LogP contribution in [0.4, 0.5) is 0 Å². The number of methoxy groups -OCH3 is 1. The number of rotatable bonds is 5. The van der Waals surface area contributed by atoms with Crippen LogP contribution in [0.3, 0.4) is 0 Å². The number of aromatic nitrogens is 2. The Morgan fingerprint density at radius 2 is 1.78 bits per heavy atom. The van der Waals surface area contributed by atoms with Crippen LogP contribution >= 0.6 is 0 Å². The summed E-state index contributed by atoms with van der Waals surface area (Å²) >= 11 is 0. The van der Waals surface area contributed by atoms with Gasteiger partial charge in [-0.15, -0.1) is 0 Å². The molecule has 0 unspecified atom stereocenters. The highest BCUT2D eigenvalue weighted by Gasteiger charge is 2.36. The van der Waals surface area contributed by atoms with Gasteiger partial charge in [0.15, 0.2) is 0 Å². The van der Waals surface area contributed by atoms with Gasteiger partial charge in [0.25, 0.3) is 0 Å². The number of ether oxygens (including phenoxy) is 1. The maximum Gasteiger partial charge on any atom is 0.337 e. The molecule has 0 saturated heterocycles. The number of phenolic OH excluding ortho intramolecular Hbond substituents is 1. The lowest BCUT2D eigenvalue weighted by atomic mass is 9.79. The number of fused-ring (bicyclic) bond motifs is 2. The molecule has 0 radical (unpaired) electrons. The van der Waals surface area contributed by atoms with Crippen molar-refractivity contribution in [2.75, 3.05) is 33.8 Å². The number of hydroxylamine groups is 1. The molecule has 1 aliphatic carbocycles. The van der Waals surface area contributed by atoms with Gasteiger partial charge in [-0.3, -0.25) is 24.7 Å². The van der Waals surface area contributed by atoms with Gasteiger partial charge in [-0.05, 0) is 85.8 Å². The average molecular weight is 702 g/mol. The highest BCUT2D eigenvalue weighted by atomic mass is 16.5. The van der Waals surface area contributed by atoms with Crippen molar-refractivity contribution in [3.05, 3.63) is 95.5 Å². The first-order valence-corrected chi connectivity index (χ1v) is 16.9. The summed E-state index contributed by atoms with van der Waals surface area (Å²) in [6.07, 6.45) is 8.25. The highest BCUT2D eigenvalue weighted by Crippen LogP contribution is 2.41. The Balaban J connectivity index is 0.000000218. The number of benzene rings is 2. The molecular weight excluding hydrogens is 650 g/mol. The molecule has 5 N–H and O–H groups in total. The molecule has 2 aromatic heterocycles. The number of hydrogen-bond acceptors (Lipinski definition) is 8. The maximum absolute atomic E-state index is 12.9. The van der Waals surface area contributed by atoms with Crippen molar-refractivity contribution in [3.63, 3.8) is 0 Å². The summed E-state index contributed by atoms with van der Waals surface area (Å²) < 4.78 is 5.09. The summed E-state index contributed by atoms with van der Waals surface area (Å²) in [4.78, 5) is 43.8. The van der Waals surface area contributed by atoms with E-state index < -0.39 is 11.9 Å². The van der Waals surface area contributed by atoms with Crippen LogP contribution in [0.25, 0.3) is 16.5 Å². The number of amides is 2. The number of H-pyrrole nitrogens is 1. The topological polar surface area (TPSA) is 168 Å². The van der Waals surface area contributed by atoms with Crippen molar-refractivity contribution >= 4 is 34.3 Å². The lowest BCUT2D eigenvalue weighted by Gasteiger charge is -2.40. The first-order valence-electron chi connectivity index (χ1n) is 16.9. The second-order valence-corrected chi connectivity index (χ2v) is 13.3. The van der Waals surface area contributed by atoms with E-state index >= 15 is 0 Å². The van der Waals surface area contributed by atoms with E-state index in [0.29, 0.717) is 11.8 Å². The van der Waals surface area contributed by atoms with Gasteiger partial charge in [-0.2, -0.15) is 0 Å². The van der Waals surface area contributed by atoms with Crippen LogP contribution in [0.15, 0.2) is 73.2 Å². The minimum atomic E-state index is -0.942. The fourth-order valence-corrected chi connectivity index (χ4v) is 6.11. The van der Waals surface area contributed by atoms with E-state index in [1.54, 1.807) is 25.3 Å². The summed E-state index contributed by atoms with van der Waals surface area (Å²) in [5.74, 6) is -0.0640. The van der Waals surface area contributed by atoms with Crippen LogP contribution < -0.4 is 10.2 Å². The monoisotopic (exact) mass is 701 g/mol. The smallest absolute Gasteiger partial charge is 0.337 e. The van der Waals surface area contributed by atoms with Crippen molar-refractivity contribution in [2.24, 2.45) is 5.92 Å². The Morgan fingerprint density at radius 3 is 2.31 bits per heavy atom. The highest BCUT2D eigenvalue weighted by molar-refractivity contribution is 5.99. The predicted molar refractivity (Wildman–Crippen MR) is 198 cm³/mol. The van der Waals surface area contributed by atoms with E-state index in [1.165, 1.54) is 58.5 Å². The molecule has 2 atom stereocenters. The lowest BCUT2D eigenvalue weighted by Crippen LogP contribution is -2.47. The third-order valence-corrected chi connectivity index (χ3v) is 8.74. The van der Waals surface area contributed by atoms with Crippen molar-refractivity contribution in [1.82, 2.24) is 25.2 Å². The van der Waals surface area contributed by atoms with Crippen molar-refractivity contribution in [2.45, 2.75) is 59.4 Å². The zero-order chi connectivity index (χ0) is 37.9. The molecular formula is C39H51N5O7. The molecule has 0 saturated carbocycles. The number of phenols is 1. The van der Waals surface area contributed by atoms with Gasteiger partial charge in [-0.25, -0.2) is 10.3 Å². The molecule has 1 aliphatic heterocycles. The zero-order valence-electron chi connectivity index (χ0n) is 30.7. The van der Waals surface area contributed by atoms with Crippen molar-refractivity contribution in [1.29, 1.82) is 0 Å². The van der Waals surface area contributed by atoms with Crippen LogP contribution in [0.1, 0.15) is 68.6 Å². The fourth-order valence-electron chi connectivity index (χ4n) is 6.11. The number of nitrogens with zero attached hydrogens (tertiary/aromatic N) is 3. The number of nitrogens with one attached hydrogen (secondary N) is 2. The Hall–Kier alpha value is -5.20. The minimum Gasteiger partial charge on any atom is -0.508 e. The number of carbonyl (C=O) groups is 3. The van der Waals surface area contributed by atoms with Crippen LogP contribution in [0.5, 0.6) is 11.5 Å².